The summed E-state index contributed by atoms with van der Waals surface area (Å²) in [6.07, 6.45) is 6.47. The Morgan fingerprint density at radius 2 is 1.88 bits per heavy atom. The van der Waals surface area contributed by atoms with Crippen molar-refractivity contribution in [3.8, 4) is 22.7 Å². The van der Waals surface area contributed by atoms with Gasteiger partial charge in [-0.1, -0.05) is 37.3 Å². The predicted octanol–water partition coefficient (Wildman–Crippen LogP) is 3.72. The molecule has 5 nitrogen and oxygen atoms in total. The number of aryl methyl sites for hydroxylation is 1. The monoisotopic (exact) mass is 345 g/mol. The molecular formula is C21H19N3O2. The number of ether oxygens (including phenoxy) is 1. The Labute approximate surface area is 151 Å². The lowest BCUT2D eigenvalue weighted by Crippen LogP contribution is -2.19. The van der Waals surface area contributed by atoms with Gasteiger partial charge in [-0.25, -0.2) is 4.98 Å². The van der Waals surface area contributed by atoms with Gasteiger partial charge < -0.3 is 9.14 Å². The van der Waals surface area contributed by atoms with Gasteiger partial charge >= 0.3 is 0 Å². The second-order valence-corrected chi connectivity index (χ2v) is 6.08. The summed E-state index contributed by atoms with van der Waals surface area (Å²) in [7, 11) is 1.61. The lowest BCUT2D eigenvalue weighted by Gasteiger charge is -2.07. The highest BCUT2D eigenvalue weighted by molar-refractivity contribution is 5.62. The summed E-state index contributed by atoms with van der Waals surface area (Å²) in [5, 5.41) is 0. The van der Waals surface area contributed by atoms with E-state index in [4.69, 9.17) is 4.74 Å². The molecule has 0 amide bonds. The first-order valence-corrected chi connectivity index (χ1v) is 8.53. The van der Waals surface area contributed by atoms with Gasteiger partial charge in [0.25, 0.3) is 5.56 Å². The van der Waals surface area contributed by atoms with Gasteiger partial charge in [-0.05, 0) is 24.1 Å². The number of aromatic nitrogens is 3. The predicted molar refractivity (Wildman–Crippen MR) is 102 cm³/mol. The van der Waals surface area contributed by atoms with Crippen molar-refractivity contribution in [1.82, 2.24) is 14.0 Å². The van der Waals surface area contributed by atoms with Crippen molar-refractivity contribution in [2.45, 2.75) is 13.3 Å². The molecule has 2 heterocycles. The topological polar surface area (TPSA) is 48.5 Å². The molecule has 0 radical (unpaired) electrons. The van der Waals surface area contributed by atoms with Crippen molar-refractivity contribution in [3.63, 3.8) is 0 Å². The lowest BCUT2D eigenvalue weighted by molar-refractivity contribution is 0.414. The van der Waals surface area contributed by atoms with E-state index in [2.05, 4.69) is 24.0 Å². The molecule has 26 heavy (non-hydrogen) atoms. The Morgan fingerprint density at radius 3 is 2.62 bits per heavy atom. The minimum absolute atomic E-state index is 0.169. The number of hydrogen-bond acceptors (Lipinski definition) is 3. The van der Waals surface area contributed by atoms with Crippen LogP contribution in [0.25, 0.3) is 22.6 Å². The van der Waals surface area contributed by atoms with Crippen molar-refractivity contribution in [3.05, 3.63) is 83.0 Å². The van der Waals surface area contributed by atoms with Gasteiger partial charge in [0.1, 0.15) is 5.75 Å². The third kappa shape index (κ3) is 2.77. The minimum atomic E-state index is -0.169. The molecule has 0 N–H and O–H groups in total. The van der Waals surface area contributed by atoms with Gasteiger partial charge in [-0.3, -0.25) is 9.36 Å². The van der Waals surface area contributed by atoms with E-state index in [1.165, 1.54) is 5.56 Å². The zero-order chi connectivity index (χ0) is 18.1. The highest BCUT2D eigenvalue weighted by Crippen LogP contribution is 2.20. The Hall–Kier alpha value is -3.34. The minimum Gasteiger partial charge on any atom is -0.497 e. The summed E-state index contributed by atoms with van der Waals surface area (Å²) in [6, 6.07) is 15.7. The average Bonchev–Trinajstić information content (AvgIpc) is 3.13. The molecule has 130 valence electrons. The summed E-state index contributed by atoms with van der Waals surface area (Å²) < 4.78 is 8.59. The van der Waals surface area contributed by atoms with Gasteiger partial charge in [0.2, 0.25) is 5.65 Å². The molecule has 2 aromatic heterocycles. The van der Waals surface area contributed by atoms with Crippen LogP contribution < -0.4 is 10.3 Å². The fraction of sp³-hybridized carbons (Fsp3) is 0.143. The molecule has 0 atom stereocenters. The van der Waals surface area contributed by atoms with Crippen molar-refractivity contribution in [2.75, 3.05) is 7.11 Å². The zero-order valence-corrected chi connectivity index (χ0v) is 14.7. The molecule has 0 aliphatic rings. The Kier molecular flexibility index (Phi) is 4.05. The van der Waals surface area contributed by atoms with E-state index in [9.17, 15) is 4.79 Å². The molecule has 0 saturated carbocycles. The van der Waals surface area contributed by atoms with Crippen LogP contribution in [0.1, 0.15) is 12.5 Å². The summed E-state index contributed by atoms with van der Waals surface area (Å²) in [5.74, 6) is 0.703. The van der Waals surface area contributed by atoms with Gasteiger partial charge in [0.15, 0.2) is 0 Å². The molecular weight excluding hydrogens is 326 g/mol. The SMILES string of the molecule is CCc1ccc(-c2cn3ccn(-c4cccc(OC)c4)c(=O)c3n2)cc1. The molecule has 0 saturated heterocycles. The highest BCUT2D eigenvalue weighted by atomic mass is 16.5. The smallest absolute Gasteiger partial charge is 0.298 e. The first-order chi connectivity index (χ1) is 12.7. The molecule has 0 fully saturated rings. The summed E-state index contributed by atoms with van der Waals surface area (Å²) in [5.41, 5.74) is 4.03. The van der Waals surface area contributed by atoms with E-state index in [0.29, 0.717) is 11.4 Å². The van der Waals surface area contributed by atoms with Crippen LogP contribution in [-0.2, 0) is 6.42 Å². The van der Waals surface area contributed by atoms with E-state index in [1.807, 2.05) is 48.8 Å². The number of imidazole rings is 1. The normalized spacial score (nSPS) is 11.0. The van der Waals surface area contributed by atoms with Gasteiger partial charge in [0.05, 0.1) is 18.5 Å². The summed E-state index contributed by atoms with van der Waals surface area (Å²) >= 11 is 0. The molecule has 0 aliphatic carbocycles. The number of rotatable bonds is 4. The maximum absolute atomic E-state index is 12.9. The Balaban J connectivity index is 1.81. The van der Waals surface area contributed by atoms with Crippen molar-refractivity contribution >= 4 is 5.65 Å². The van der Waals surface area contributed by atoms with E-state index in [0.717, 1.165) is 23.4 Å². The van der Waals surface area contributed by atoms with E-state index >= 15 is 0 Å². The Morgan fingerprint density at radius 1 is 1.08 bits per heavy atom. The maximum atomic E-state index is 12.9. The van der Waals surface area contributed by atoms with Gasteiger partial charge in [-0.2, -0.15) is 0 Å². The van der Waals surface area contributed by atoms with Crippen LogP contribution in [-0.4, -0.2) is 21.1 Å². The third-order valence-corrected chi connectivity index (χ3v) is 4.51. The van der Waals surface area contributed by atoms with Crippen molar-refractivity contribution in [2.24, 2.45) is 0 Å². The van der Waals surface area contributed by atoms with Crippen molar-refractivity contribution < 1.29 is 4.74 Å². The van der Waals surface area contributed by atoms with Crippen LogP contribution in [0.5, 0.6) is 5.75 Å². The molecule has 2 aromatic carbocycles. The van der Waals surface area contributed by atoms with Crippen LogP contribution >= 0.6 is 0 Å². The van der Waals surface area contributed by atoms with Crippen LogP contribution in [0, 0.1) is 0 Å². The molecule has 5 heteroatoms. The maximum Gasteiger partial charge on any atom is 0.298 e. The number of nitrogens with zero attached hydrogens (tertiary/aromatic N) is 3. The molecule has 0 spiro atoms. The molecule has 4 aromatic rings. The fourth-order valence-electron chi connectivity index (χ4n) is 2.99. The second kappa shape index (κ2) is 6.52. The van der Waals surface area contributed by atoms with Crippen LogP contribution in [0.3, 0.4) is 0 Å². The number of methoxy groups -OCH3 is 1. The quantitative estimate of drug-likeness (QED) is 0.566. The average molecular weight is 345 g/mol. The summed E-state index contributed by atoms with van der Waals surface area (Å²) in [4.78, 5) is 17.5. The number of benzene rings is 2. The third-order valence-electron chi connectivity index (χ3n) is 4.51. The van der Waals surface area contributed by atoms with Gasteiger partial charge in [-0.15, -0.1) is 0 Å². The standard InChI is InChI=1S/C21H19N3O2/c1-3-15-7-9-16(10-8-15)19-14-23-11-12-24(21(25)20(23)22-19)17-5-4-6-18(13-17)26-2/h4-14H,3H2,1-2H3. The highest BCUT2D eigenvalue weighted by Gasteiger charge is 2.10. The van der Waals surface area contributed by atoms with Crippen LogP contribution in [0.4, 0.5) is 0 Å². The molecule has 0 unspecified atom stereocenters. The zero-order valence-electron chi connectivity index (χ0n) is 14.7. The Bertz CT molecular complexity index is 1120. The van der Waals surface area contributed by atoms with E-state index < -0.39 is 0 Å². The first kappa shape index (κ1) is 16.1. The van der Waals surface area contributed by atoms with Crippen molar-refractivity contribution in [1.29, 1.82) is 0 Å². The van der Waals surface area contributed by atoms with Gasteiger partial charge in [0, 0.05) is 30.2 Å². The second-order valence-electron chi connectivity index (χ2n) is 6.08. The largest absolute Gasteiger partial charge is 0.497 e. The van der Waals surface area contributed by atoms with Crippen LogP contribution in [0.15, 0.2) is 71.9 Å². The van der Waals surface area contributed by atoms with Crippen LogP contribution in [0.2, 0.25) is 0 Å². The lowest BCUT2D eigenvalue weighted by atomic mass is 10.1. The molecule has 0 bridgehead atoms. The number of fused-ring (bicyclic) bond motifs is 1. The number of hydrogen-bond donors (Lipinski definition) is 0. The molecule has 0 aliphatic heterocycles. The van der Waals surface area contributed by atoms with E-state index in [1.54, 1.807) is 22.3 Å². The fourth-order valence-corrected chi connectivity index (χ4v) is 2.99. The summed E-state index contributed by atoms with van der Waals surface area (Å²) in [6.45, 7) is 2.13. The van der Waals surface area contributed by atoms with E-state index in [-0.39, 0.29) is 5.56 Å². The molecule has 4 rings (SSSR count). The first-order valence-electron chi connectivity index (χ1n) is 8.53.